The highest BCUT2D eigenvalue weighted by molar-refractivity contribution is 5.74. The fourth-order valence-corrected chi connectivity index (χ4v) is 2.30. The van der Waals surface area contributed by atoms with Crippen LogP contribution in [0.5, 0.6) is 0 Å². The van der Waals surface area contributed by atoms with E-state index in [-0.39, 0.29) is 0 Å². The fraction of sp³-hybridized carbons (Fsp3) is 0.125. The first-order valence-electron chi connectivity index (χ1n) is 6.27. The Labute approximate surface area is 112 Å². The topological polar surface area (TPSA) is 41.6 Å². The van der Waals surface area contributed by atoms with E-state index in [1.54, 1.807) is 0 Å². The van der Waals surface area contributed by atoms with Crippen molar-refractivity contribution in [3.05, 3.63) is 60.2 Å². The molecular weight excluding hydrogens is 234 g/mol. The largest absolute Gasteiger partial charge is 0.354 e. The average Bonchev–Trinajstić information content (AvgIpc) is 2.77. The quantitative estimate of drug-likeness (QED) is 0.751. The summed E-state index contributed by atoms with van der Waals surface area (Å²) < 4.78 is 0. The first-order chi connectivity index (χ1) is 9.27. The van der Waals surface area contributed by atoms with Crippen molar-refractivity contribution in [2.24, 2.45) is 0 Å². The molecule has 3 heteroatoms. The summed E-state index contributed by atoms with van der Waals surface area (Å²) in [6.45, 7) is 4.29. The summed E-state index contributed by atoms with van der Waals surface area (Å²) in [5, 5.41) is 0. The van der Waals surface area contributed by atoms with Crippen LogP contribution in [0.3, 0.4) is 0 Å². The van der Waals surface area contributed by atoms with Gasteiger partial charge >= 0.3 is 0 Å². The van der Waals surface area contributed by atoms with Crippen molar-refractivity contribution in [3.8, 4) is 22.5 Å². The lowest BCUT2D eigenvalue weighted by molar-refractivity contribution is 1.29. The van der Waals surface area contributed by atoms with Gasteiger partial charge in [-0.25, -0.2) is 0 Å². The summed E-state index contributed by atoms with van der Waals surface area (Å²) in [6.07, 6.45) is 7.27. The number of nitrogens with zero attached hydrogens (tertiary/aromatic N) is 2. The van der Waals surface area contributed by atoms with Gasteiger partial charge in [-0.15, -0.1) is 0 Å². The summed E-state index contributed by atoms with van der Waals surface area (Å²) in [6, 6.07) is 8.09. The molecule has 0 aliphatic carbocycles. The van der Waals surface area contributed by atoms with Gasteiger partial charge in [0.1, 0.15) is 0 Å². The molecule has 1 N–H and O–H groups in total. The molecule has 3 heterocycles. The van der Waals surface area contributed by atoms with Crippen molar-refractivity contribution in [3.63, 3.8) is 0 Å². The smallest absolute Gasteiger partial charge is 0.0492 e. The van der Waals surface area contributed by atoms with E-state index in [2.05, 4.69) is 28.8 Å². The molecule has 3 rings (SSSR count). The van der Waals surface area contributed by atoms with Crippen molar-refractivity contribution in [2.75, 3.05) is 0 Å². The van der Waals surface area contributed by atoms with Gasteiger partial charge in [-0.2, -0.15) is 0 Å². The Hall–Kier alpha value is -2.42. The molecule has 94 valence electrons. The highest BCUT2D eigenvalue weighted by atomic mass is 14.7. The van der Waals surface area contributed by atoms with Crippen LogP contribution in [0.4, 0.5) is 0 Å². The van der Waals surface area contributed by atoms with Crippen LogP contribution >= 0.6 is 0 Å². The van der Waals surface area contributed by atoms with Crippen LogP contribution in [0.2, 0.25) is 0 Å². The van der Waals surface area contributed by atoms with E-state index in [0.29, 0.717) is 0 Å². The lowest BCUT2D eigenvalue weighted by Gasteiger charge is -1.99. The first kappa shape index (κ1) is 11.7. The number of aromatic nitrogens is 3. The normalized spacial score (nSPS) is 10.6. The first-order valence-corrected chi connectivity index (χ1v) is 6.27. The second kappa shape index (κ2) is 4.69. The Morgan fingerprint density at radius 3 is 1.42 bits per heavy atom. The van der Waals surface area contributed by atoms with Crippen molar-refractivity contribution >= 4 is 0 Å². The van der Waals surface area contributed by atoms with E-state index in [1.165, 1.54) is 11.1 Å². The zero-order chi connectivity index (χ0) is 13.2. The van der Waals surface area contributed by atoms with E-state index in [1.807, 2.05) is 49.1 Å². The molecule has 0 saturated carbocycles. The molecular formula is C16H15N3. The minimum Gasteiger partial charge on any atom is -0.354 e. The zero-order valence-electron chi connectivity index (χ0n) is 11.0. The summed E-state index contributed by atoms with van der Waals surface area (Å²) in [5.41, 5.74) is 7.20. The van der Waals surface area contributed by atoms with Crippen LogP contribution in [-0.2, 0) is 0 Å². The van der Waals surface area contributed by atoms with E-state index in [0.717, 1.165) is 22.5 Å². The third-order valence-corrected chi connectivity index (χ3v) is 3.50. The van der Waals surface area contributed by atoms with Crippen LogP contribution in [-0.4, -0.2) is 15.0 Å². The molecule has 19 heavy (non-hydrogen) atoms. The third-order valence-electron chi connectivity index (χ3n) is 3.50. The molecule has 3 aromatic rings. The number of hydrogen-bond donors (Lipinski definition) is 1. The van der Waals surface area contributed by atoms with E-state index in [9.17, 15) is 0 Å². The van der Waals surface area contributed by atoms with Crippen molar-refractivity contribution < 1.29 is 0 Å². The van der Waals surface area contributed by atoms with E-state index in [4.69, 9.17) is 0 Å². The van der Waals surface area contributed by atoms with Gasteiger partial charge in [-0.05, 0) is 49.2 Å². The van der Waals surface area contributed by atoms with E-state index < -0.39 is 0 Å². The number of hydrogen-bond acceptors (Lipinski definition) is 2. The molecule has 0 saturated heterocycles. The Morgan fingerprint density at radius 2 is 1.05 bits per heavy atom. The molecule has 0 aliphatic rings. The summed E-state index contributed by atoms with van der Waals surface area (Å²) in [5.74, 6) is 0. The Kier molecular flexibility index (Phi) is 2.88. The van der Waals surface area contributed by atoms with Crippen LogP contribution in [0.15, 0.2) is 49.1 Å². The number of aromatic amines is 1. The number of pyridine rings is 2. The predicted octanol–water partition coefficient (Wildman–Crippen LogP) is 3.76. The lowest BCUT2D eigenvalue weighted by Crippen LogP contribution is -1.82. The highest BCUT2D eigenvalue weighted by Gasteiger charge is 2.13. The summed E-state index contributed by atoms with van der Waals surface area (Å²) in [7, 11) is 0. The van der Waals surface area contributed by atoms with Gasteiger partial charge < -0.3 is 4.98 Å². The average molecular weight is 249 g/mol. The SMILES string of the molecule is Cc1c(-c2ccncc2)[nH]c(-c2ccncc2)c1C. The molecule has 3 nitrogen and oxygen atoms in total. The molecule has 0 aliphatic heterocycles. The monoisotopic (exact) mass is 249 g/mol. The number of nitrogens with one attached hydrogen (secondary N) is 1. The molecule has 0 aromatic carbocycles. The summed E-state index contributed by atoms with van der Waals surface area (Å²) in [4.78, 5) is 11.7. The molecule has 3 aromatic heterocycles. The van der Waals surface area contributed by atoms with Gasteiger partial charge in [-0.1, -0.05) is 0 Å². The van der Waals surface area contributed by atoms with E-state index >= 15 is 0 Å². The van der Waals surface area contributed by atoms with Crippen molar-refractivity contribution in [2.45, 2.75) is 13.8 Å². The minimum atomic E-state index is 1.16. The Bertz CT molecular complexity index is 625. The maximum absolute atomic E-state index is 4.07. The molecule has 0 radical (unpaired) electrons. The van der Waals surface area contributed by atoms with Gasteiger partial charge in [0, 0.05) is 47.3 Å². The Balaban J connectivity index is 2.16. The van der Waals surface area contributed by atoms with Crippen LogP contribution < -0.4 is 0 Å². The van der Waals surface area contributed by atoms with Crippen LogP contribution in [0.25, 0.3) is 22.5 Å². The van der Waals surface area contributed by atoms with Crippen LogP contribution in [0, 0.1) is 13.8 Å². The molecule has 0 atom stereocenters. The van der Waals surface area contributed by atoms with Crippen molar-refractivity contribution in [1.29, 1.82) is 0 Å². The predicted molar refractivity (Wildman–Crippen MR) is 76.7 cm³/mol. The third kappa shape index (κ3) is 2.03. The fourth-order valence-electron chi connectivity index (χ4n) is 2.30. The Morgan fingerprint density at radius 1 is 0.684 bits per heavy atom. The maximum Gasteiger partial charge on any atom is 0.0492 e. The maximum atomic E-state index is 4.07. The van der Waals surface area contributed by atoms with Crippen molar-refractivity contribution in [1.82, 2.24) is 15.0 Å². The van der Waals surface area contributed by atoms with Crippen LogP contribution in [0.1, 0.15) is 11.1 Å². The van der Waals surface area contributed by atoms with Gasteiger partial charge in [0.15, 0.2) is 0 Å². The standard InChI is InChI=1S/C16H15N3/c1-11-12(2)16(14-5-9-18-10-6-14)19-15(11)13-3-7-17-8-4-13/h3-10,19H,1-2H3. The summed E-state index contributed by atoms with van der Waals surface area (Å²) >= 11 is 0. The number of H-pyrrole nitrogens is 1. The second-order valence-electron chi connectivity index (χ2n) is 4.60. The van der Waals surface area contributed by atoms with Gasteiger partial charge in [0.2, 0.25) is 0 Å². The lowest BCUT2D eigenvalue weighted by atomic mass is 10.1. The second-order valence-corrected chi connectivity index (χ2v) is 4.60. The molecule has 0 amide bonds. The zero-order valence-corrected chi connectivity index (χ0v) is 11.0. The molecule has 0 unspecified atom stereocenters. The molecule has 0 bridgehead atoms. The van der Waals surface area contributed by atoms with Gasteiger partial charge in [0.25, 0.3) is 0 Å². The molecule has 0 spiro atoms. The minimum absolute atomic E-state index is 1.16. The van der Waals surface area contributed by atoms with Gasteiger partial charge in [-0.3, -0.25) is 9.97 Å². The molecule has 0 fully saturated rings. The highest BCUT2D eigenvalue weighted by Crippen LogP contribution is 2.32. The number of rotatable bonds is 2. The van der Waals surface area contributed by atoms with Gasteiger partial charge in [0.05, 0.1) is 0 Å².